The van der Waals surface area contributed by atoms with E-state index in [1.54, 1.807) is 6.07 Å². The first kappa shape index (κ1) is 14.5. The lowest BCUT2D eigenvalue weighted by atomic mass is 9.67. The van der Waals surface area contributed by atoms with Crippen LogP contribution < -0.4 is 9.47 Å². The Hall–Kier alpha value is -2.42. The Bertz CT molecular complexity index is 641. The molecule has 0 spiro atoms. The standard InChI is InChI=1S/C16H17NO5/c17-9-16(5-3-10(4-6-16)15(19)20)11-1-2-12(18)14-13(11)21-7-8-22-14/h1-2,10,18H,3-8H2,(H,19,20)/t10-,16+. The molecule has 1 saturated carbocycles. The first-order valence-corrected chi connectivity index (χ1v) is 7.33. The van der Waals surface area contributed by atoms with Gasteiger partial charge in [-0.1, -0.05) is 0 Å². The van der Waals surface area contributed by atoms with E-state index in [1.807, 2.05) is 0 Å². The minimum atomic E-state index is -0.807. The lowest BCUT2D eigenvalue weighted by molar-refractivity contribution is -0.143. The molecule has 6 heteroatoms. The highest BCUT2D eigenvalue weighted by Gasteiger charge is 2.42. The predicted molar refractivity (Wildman–Crippen MR) is 76.0 cm³/mol. The number of nitriles is 1. The number of ether oxygens (including phenoxy) is 2. The average Bonchev–Trinajstić information content (AvgIpc) is 2.55. The maximum atomic E-state index is 11.1. The minimum absolute atomic E-state index is 0.00855. The van der Waals surface area contributed by atoms with Crippen LogP contribution in [0.3, 0.4) is 0 Å². The molecule has 1 aromatic carbocycles. The molecule has 0 saturated heterocycles. The third kappa shape index (κ3) is 2.23. The number of benzene rings is 1. The highest BCUT2D eigenvalue weighted by molar-refractivity contribution is 5.70. The Morgan fingerprint density at radius 2 is 1.86 bits per heavy atom. The van der Waals surface area contributed by atoms with Gasteiger partial charge in [0.1, 0.15) is 13.2 Å². The van der Waals surface area contributed by atoms with Gasteiger partial charge in [-0.25, -0.2) is 0 Å². The lowest BCUT2D eigenvalue weighted by Gasteiger charge is -2.36. The van der Waals surface area contributed by atoms with E-state index in [-0.39, 0.29) is 11.5 Å². The highest BCUT2D eigenvalue weighted by atomic mass is 16.6. The van der Waals surface area contributed by atoms with Crippen LogP contribution in [-0.2, 0) is 10.2 Å². The molecule has 1 aliphatic carbocycles. The van der Waals surface area contributed by atoms with Crippen LogP contribution in [0.5, 0.6) is 17.2 Å². The van der Waals surface area contributed by atoms with E-state index >= 15 is 0 Å². The molecule has 1 aliphatic heterocycles. The summed E-state index contributed by atoms with van der Waals surface area (Å²) in [6.45, 7) is 0.716. The second-order valence-electron chi connectivity index (χ2n) is 5.79. The maximum absolute atomic E-state index is 11.1. The van der Waals surface area contributed by atoms with Crippen LogP contribution in [0.2, 0.25) is 0 Å². The van der Waals surface area contributed by atoms with Crippen molar-refractivity contribution in [1.82, 2.24) is 0 Å². The number of fused-ring (bicyclic) bond motifs is 1. The summed E-state index contributed by atoms with van der Waals surface area (Å²) in [5.74, 6) is -0.517. The highest BCUT2D eigenvalue weighted by Crippen LogP contribution is 2.50. The van der Waals surface area contributed by atoms with Crippen molar-refractivity contribution in [2.75, 3.05) is 13.2 Å². The van der Waals surface area contributed by atoms with Crippen LogP contribution in [0, 0.1) is 17.2 Å². The molecule has 0 bridgehead atoms. The molecule has 2 aliphatic rings. The molecule has 0 unspecified atom stereocenters. The van der Waals surface area contributed by atoms with E-state index in [0.717, 1.165) is 0 Å². The van der Waals surface area contributed by atoms with E-state index in [2.05, 4.69) is 6.07 Å². The number of nitrogens with zero attached hydrogens (tertiary/aromatic N) is 1. The molecule has 1 aromatic rings. The van der Waals surface area contributed by atoms with Crippen molar-refractivity contribution in [1.29, 1.82) is 5.26 Å². The van der Waals surface area contributed by atoms with Crippen LogP contribution >= 0.6 is 0 Å². The minimum Gasteiger partial charge on any atom is -0.504 e. The van der Waals surface area contributed by atoms with Gasteiger partial charge in [-0.05, 0) is 37.8 Å². The number of phenols is 1. The SMILES string of the molecule is N#C[C@]1(c2ccc(O)c3c2OCCO3)CC[C@@H](C(=O)O)CC1. The van der Waals surface area contributed by atoms with Gasteiger partial charge in [0.05, 0.1) is 17.4 Å². The van der Waals surface area contributed by atoms with Crippen molar-refractivity contribution in [3.05, 3.63) is 17.7 Å². The second kappa shape index (κ2) is 5.41. The fourth-order valence-corrected chi connectivity index (χ4v) is 3.30. The summed E-state index contributed by atoms with van der Waals surface area (Å²) < 4.78 is 11.1. The van der Waals surface area contributed by atoms with Gasteiger partial charge in [0.25, 0.3) is 0 Å². The molecule has 6 nitrogen and oxygen atoms in total. The molecule has 22 heavy (non-hydrogen) atoms. The summed E-state index contributed by atoms with van der Waals surface area (Å²) in [5, 5.41) is 28.7. The Balaban J connectivity index is 1.99. The zero-order valence-corrected chi connectivity index (χ0v) is 12.0. The van der Waals surface area contributed by atoms with E-state index in [9.17, 15) is 15.2 Å². The topological polar surface area (TPSA) is 99.8 Å². The fourth-order valence-electron chi connectivity index (χ4n) is 3.30. The Kier molecular flexibility index (Phi) is 3.57. The molecule has 0 aromatic heterocycles. The third-order valence-corrected chi connectivity index (χ3v) is 4.59. The summed E-state index contributed by atoms with van der Waals surface area (Å²) in [4.78, 5) is 11.1. The van der Waals surface area contributed by atoms with Crippen molar-refractivity contribution in [3.63, 3.8) is 0 Å². The lowest BCUT2D eigenvalue weighted by Crippen LogP contribution is -2.34. The summed E-state index contributed by atoms with van der Waals surface area (Å²) in [5.41, 5.74) is -0.101. The Labute approximate surface area is 127 Å². The van der Waals surface area contributed by atoms with Crippen LogP contribution in [0.15, 0.2) is 12.1 Å². The van der Waals surface area contributed by atoms with Crippen LogP contribution in [-0.4, -0.2) is 29.4 Å². The second-order valence-corrected chi connectivity index (χ2v) is 5.79. The molecule has 116 valence electrons. The molecule has 0 radical (unpaired) electrons. The molecular weight excluding hydrogens is 286 g/mol. The summed E-state index contributed by atoms with van der Waals surface area (Å²) >= 11 is 0. The van der Waals surface area contributed by atoms with Gasteiger partial charge < -0.3 is 19.7 Å². The number of carbonyl (C=O) groups is 1. The summed E-state index contributed by atoms with van der Waals surface area (Å²) in [7, 11) is 0. The number of aromatic hydroxyl groups is 1. The van der Waals surface area contributed by atoms with Gasteiger partial charge in [-0.3, -0.25) is 4.79 Å². The number of hydrogen-bond donors (Lipinski definition) is 2. The quantitative estimate of drug-likeness (QED) is 0.868. The van der Waals surface area contributed by atoms with Crippen molar-refractivity contribution in [3.8, 4) is 23.3 Å². The largest absolute Gasteiger partial charge is 0.504 e. The van der Waals surface area contributed by atoms with Gasteiger partial charge >= 0.3 is 5.97 Å². The summed E-state index contributed by atoms with van der Waals surface area (Å²) in [6.07, 6.45) is 1.83. The van der Waals surface area contributed by atoms with E-state index in [0.29, 0.717) is 50.2 Å². The van der Waals surface area contributed by atoms with Gasteiger partial charge in [0.2, 0.25) is 5.75 Å². The normalized spacial score (nSPS) is 27.0. The van der Waals surface area contributed by atoms with Gasteiger partial charge in [-0.15, -0.1) is 0 Å². The molecule has 1 fully saturated rings. The first-order chi connectivity index (χ1) is 10.6. The van der Waals surface area contributed by atoms with Crippen LogP contribution in [0.25, 0.3) is 0 Å². The Morgan fingerprint density at radius 1 is 1.23 bits per heavy atom. The van der Waals surface area contributed by atoms with Crippen molar-refractivity contribution in [2.45, 2.75) is 31.1 Å². The zero-order valence-electron chi connectivity index (χ0n) is 12.0. The monoisotopic (exact) mass is 303 g/mol. The van der Waals surface area contributed by atoms with Crippen molar-refractivity contribution in [2.24, 2.45) is 5.92 Å². The number of carboxylic acids is 1. The smallest absolute Gasteiger partial charge is 0.306 e. The van der Waals surface area contributed by atoms with Crippen molar-refractivity contribution < 1.29 is 24.5 Å². The number of aliphatic carboxylic acids is 1. The van der Waals surface area contributed by atoms with E-state index in [1.165, 1.54) is 6.07 Å². The molecule has 0 amide bonds. The van der Waals surface area contributed by atoms with E-state index in [4.69, 9.17) is 14.6 Å². The third-order valence-electron chi connectivity index (χ3n) is 4.59. The van der Waals surface area contributed by atoms with Gasteiger partial charge in [-0.2, -0.15) is 5.26 Å². The summed E-state index contributed by atoms with van der Waals surface area (Å²) in [6, 6.07) is 5.55. The fraction of sp³-hybridized carbons (Fsp3) is 0.500. The average molecular weight is 303 g/mol. The molecule has 2 N–H and O–H groups in total. The maximum Gasteiger partial charge on any atom is 0.306 e. The molecule has 1 heterocycles. The van der Waals surface area contributed by atoms with Crippen LogP contribution in [0.4, 0.5) is 0 Å². The first-order valence-electron chi connectivity index (χ1n) is 7.33. The van der Waals surface area contributed by atoms with E-state index < -0.39 is 17.3 Å². The van der Waals surface area contributed by atoms with Crippen molar-refractivity contribution >= 4 is 5.97 Å². The number of phenolic OH excluding ortho intramolecular Hbond substituents is 1. The number of hydrogen-bond acceptors (Lipinski definition) is 5. The zero-order chi connectivity index (χ0) is 15.7. The van der Waals surface area contributed by atoms with Gasteiger partial charge in [0.15, 0.2) is 11.5 Å². The predicted octanol–water partition coefficient (Wildman–Crippen LogP) is 2.20. The Morgan fingerprint density at radius 3 is 2.45 bits per heavy atom. The molecular formula is C16H17NO5. The van der Waals surface area contributed by atoms with Crippen LogP contribution in [0.1, 0.15) is 31.2 Å². The molecule has 3 rings (SSSR count). The molecule has 0 atom stereocenters. The number of rotatable bonds is 2. The van der Waals surface area contributed by atoms with Gasteiger partial charge in [0, 0.05) is 5.56 Å². The number of carboxylic acid groups (broad SMARTS) is 1.